The number of ketones is 1. The molecule has 2 aromatic carbocycles. The maximum absolute atomic E-state index is 15.3. The number of nitrogens with one attached hydrogen (secondary N) is 3. The fraction of sp³-hybridized carbons (Fsp3) is 0.214. The molecule has 0 saturated carbocycles. The number of anilines is 2. The predicted molar refractivity (Wildman–Crippen MR) is 149 cm³/mol. The Bertz CT molecular complexity index is 1740. The summed E-state index contributed by atoms with van der Waals surface area (Å²) < 4.78 is 56.3. The van der Waals surface area contributed by atoms with Gasteiger partial charge in [0.15, 0.2) is 5.82 Å². The zero-order valence-electron chi connectivity index (χ0n) is 21.8. The number of hydrogen-bond donors (Lipinski definition) is 4. The highest BCUT2D eigenvalue weighted by molar-refractivity contribution is 7.92. The lowest BCUT2D eigenvalue weighted by molar-refractivity contribution is -0.137. The van der Waals surface area contributed by atoms with Gasteiger partial charge in [0.2, 0.25) is 21.7 Å². The number of carboxylic acid groups (broad SMARTS) is 1. The number of pyridine rings is 1. The highest BCUT2D eigenvalue weighted by atomic mass is 32.2. The van der Waals surface area contributed by atoms with E-state index >= 15 is 4.39 Å². The highest BCUT2D eigenvalue weighted by Crippen LogP contribution is 2.30. The molecule has 4 rings (SSSR count). The minimum Gasteiger partial charge on any atom is -0.481 e. The van der Waals surface area contributed by atoms with Gasteiger partial charge in [-0.05, 0) is 48.7 Å². The molecule has 0 spiro atoms. The molecule has 2 aromatic heterocycles. The van der Waals surface area contributed by atoms with E-state index < -0.39 is 44.7 Å². The van der Waals surface area contributed by atoms with Crippen molar-refractivity contribution in [1.82, 2.24) is 9.97 Å². The van der Waals surface area contributed by atoms with Crippen molar-refractivity contribution in [2.75, 3.05) is 15.8 Å². The molecule has 41 heavy (non-hydrogen) atoms. The lowest BCUT2D eigenvalue weighted by Crippen LogP contribution is -2.18. The molecule has 10 nitrogen and oxygen atoms in total. The van der Waals surface area contributed by atoms with Gasteiger partial charge in [-0.1, -0.05) is 19.1 Å². The molecule has 0 aliphatic rings. The summed E-state index contributed by atoms with van der Waals surface area (Å²) >= 11 is 0. The number of benzene rings is 2. The maximum atomic E-state index is 15.3. The van der Waals surface area contributed by atoms with Crippen LogP contribution in [0, 0.1) is 11.6 Å². The molecule has 1 amide bonds. The monoisotopic (exact) mass is 584 g/mol. The summed E-state index contributed by atoms with van der Waals surface area (Å²) in [6.45, 7) is 1.63. The number of sulfonamides is 1. The Morgan fingerprint density at radius 3 is 2.44 bits per heavy atom. The third kappa shape index (κ3) is 6.92. The molecule has 0 radical (unpaired) electrons. The first-order valence-electron chi connectivity index (χ1n) is 12.6. The van der Waals surface area contributed by atoms with Crippen molar-refractivity contribution in [2.45, 2.75) is 32.6 Å². The van der Waals surface area contributed by atoms with E-state index in [1.54, 1.807) is 37.3 Å². The fourth-order valence-electron chi connectivity index (χ4n) is 4.18. The smallest absolute Gasteiger partial charge is 0.303 e. The first kappa shape index (κ1) is 29.3. The third-order valence-electron chi connectivity index (χ3n) is 6.13. The lowest BCUT2D eigenvalue weighted by atomic mass is 9.99. The summed E-state index contributed by atoms with van der Waals surface area (Å²) in [5.74, 6) is -5.04. The number of rotatable bonds is 12. The number of aromatic amines is 1. The number of fused-ring (bicyclic) bond motifs is 1. The number of hydrogen-bond acceptors (Lipinski definition) is 6. The van der Waals surface area contributed by atoms with E-state index in [1.807, 2.05) is 0 Å². The molecule has 0 bridgehead atoms. The summed E-state index contributed by atoms with van der Waals surface area (Å²) in [4.78, 5) is 43.1. The molecular formula is C28H26F2N4O6S. The van der Waals surface area contributed by atoms with Crippen molar-refractivity contribution in [3.63, 3.8) is 0 Å². The molecule has 214 valence electrons. The van der Waals surface area contributed by atoms with Gasteiger partial charge >= 0.3 is 5.97 Å². The van der Waals surface area contributed by atoms with Crippen LogP contribution in [0.15, 0.2) is 54.9 Å². The van der Waals surface area contributed by atoms with Crippen molar-refractivity contribution >= 4 is 50.1 Å². The molecule has 0 atom stereocenters. The first-order chi connectivity index (χ1) is 19.5. The normalized spacial score (nSPS) is 11.4. The molecule has 0 aliphatic carbocycles. The third-order valence-corrected chi connectivity index (χ3v) is 7.61. The van der Waals surface area contributed by atoms with Gasteiger partial charge in [-0.25, -0.2) is 22.2 Å². The molecule has 0 fully saturated rings. The zero-order chi connectivity index (χ0) is 29.7. The van der Waals surface area contributed by atoms with E-state index in [0.717, 1.165) is 12.1 Å². The van der Waals surface area contributed by atoms with Gasteiger partial charge in [-0.15, -0.1) is 0 Å². The van der Waals surface area contributed by atoms with E-state index in [9.17, 15) is 27.2 Å². The predicted octanol–water partition coefficient (Wildman–Crippen LogP) is 5.08. The molecule has 4 aromatic rings. The fourth-order valence-corrected chi connectivity index (χ4v) is 5.31. The Balaban J connectivity index is 1.59. The Morgan fingerprint density at radius 2 is 1.76 bits per heavy atom. The molecule has 13 heteroatoms. The van der Waals surface area contributed by atoms with Gasteiger partial charge in [0.25, 0.3) is 0 Å². The van der Waals surface area contributed by atoms with E-state index in [1.165, 1.54) is 12.4 Å². The minimum atomic E-state index is -3.89. The molecule has 0 unspecified atom stereocenters. The number of halogens is 2. The number of H-pyrrole nitrogens is 1. The van der Waals surface area contributed by atoms with E-state index in [-0.39, 0.29) is 42.9 Å². The van der Waals surface area contributed by atoms with Crippen LogP contribution in [0.2, 0.25) is 0 Å². The van der Waals surface area contributed by atoms with Crippen molar-refractivity contribution in [3.8, 4) is 11.1 Å². The van der Waals surface area contributed by atoms with Crippen LogP contribution >= 0.6 is 0 Å². The summed E-state index contributed by atoms with van der Waals surface area (Å²) in [5.41, 5.74) is 0.544. The van der Waals surface area contributed by atoms with Crippen molar-refractivity contribution in [2.24, 2.45) is 0 Å². The summed E-state index contributed by atoms with van der Waals surface area (Å²) in [6.07, 6.45) is 3.27. The molecule has 4 N–H and O–H groups in total. The SMILES string of the molecule is CCCS(=O)(=O)Nc1ccc(F)c(C(=O)c2c[nH]c3ncc(-c4ccc(NC(=O)CCCC(=O)O)cc4)cc23)c1F. The van der Waals surface area contributed by atoms with E-state index in [4.69, 9.17) is 5.11 Å². The zero-order valence-corrected chi connectivity index (χ0v) is 22.6. The lowest BCUT2D eigenvalue weighted by Gasteiger charge is -2.11. The average molecular weight is 585 g/mol. The number of carbonyl (C=O) groups is 3. The van der Waals surface area contributed by atoms with Gasteiger partial charge in [-0.3, -0.25) is 19.1 Å². The largest absolute Gasteiger partial charge is 0.481 e. The van der Waals surface area contributed by atoms with E-state index in [2.05, 4.69) is 20.0 Å². The topological polar surface area (TPSA) is 158 Å². The van der Waals surface area contributed by atoms with Crippen LogP contribution in [-0.4, -0.2) is 46.9 Å². The number of aromatic nitrogens is 2. The standard InChI is InChI=1S/C28H26F2N4O6S/c1-2-12-41(39,40)34-22-11-10-21(29)25(26(22)30)27(38)20-15-32-28-19(20)13-17(14-31-28)16-6-8-18(9-7-16)33-23(35)4-3-5-24(36)37/h6-11,13-15,34H,2-5,12H2,1H3,(H,31,32)(H,33,35)(H,36,37). The van der Waals surface area contributed by atoms with Crippen LogP contribution in [0.25, 0.3) is 22.2 Å². The number of amides is 1. The second-order valence-electron chi connectivity index (χ2n) is 9.23. The summed E-state index contributed by atoms with van der Waals surface area (Å²) in [5, 5.41) is 11.7. The van der Waals surface area contributed by atoms with E-state index in [0.29, 0.717) is 27.8 Å². The van der Waals surface area contributed by atoms with Gasteiger partial charge in [0.05, 0.1) is 17.0 Å². The van der Waals surface area contributed by atoms with Crippen LogP contribution in [0.4, 0.5) is 20.2 Å². The van der Waals surface area contributed by atoms with Crippen LogP contribution in [0.5, 0.6) is 0 Å². The Labute approximate surface area is 233 Å². The molecule has 0 aliphatic heterocycles. The van der Waals surface area contributed by atoms with Crippen LogP contribution in [-0.2, 0) is 19.6 Å². The van der Waals surface area contributed by atoms with Gasteiger partial charge in [-0.2, -0.15) is 0 Å². The Kier molecular flexibility index (Phi) is 8.77. The second kappa shape index (κ2) is 12.3. The van der Waals surface area contributed by atoms with Gasteiger partial charge < -0.3 is 15.4 Å². The molecular weight excluding hydrogens is 558 g/mol. The molecule has 0 saturated heterocycles. The summed E-state index contributed by atoms with van der Waals surface area (Å²) in [6, 6.07) is 10.1. The first-order valence-corrected chi connectivity index (χ1v) is 14.3. The quantitative estimate of drug-likeness (QED) is 0.169. The van der Waals surface area contributed by atoms with Crippen LogP contribution in [0.3, 0.4) is 0 Å². The van der Waals surface area contributed by atoms with Crippen molar-refractivity contribution < 1.29 is 36.7 Å². The minimum absolute atomic E-state index is 0.0631. The summed E-state index contributed by atoms with van der Waals surface area (Å²) in [7, 11) is -3.89. The number of carboxylic acids is 1. The number of carbonyl (C=O) groups excluding carboxylic acids is 2. The number of nitrogens with zero attached hydrogens (tertiary/aromatic N) is 1. The van der Waals surface area contributed by atoms with Crippen LogP contribution < -0.4 is 10.0 Å². The van der Waals surface area contributed by atoms with Crippen molar-refractivity contribution in [3.05, 3.63) is 77.6 Å². The highest BCUT2D eigenvalue weighted by Gasteiger charge is 2.26. The number of aliphatic carboxylic acids is 1. The maximum Gasteiger partial charge on any atom is 0.303 e. The second-order valence-corrected chi connectivity index (χ2v) is 11.1. The van der Waals surface area contributed by atoms with Crippen molar-refractivity contribution in [1.29, 1.82) is 0 Å². The van der Waals surface area contributed by atoms with Crippen LogP contribution in [0.1, 0.15) is 48.5 Å². The Morgan fingerprint density at radius 1 is 1.02 bits per heavy atom. The molecule has 2 heterocycles. The Hall–Kier alpha value is -4.65. The van der Waals surface area contributed by atoms with Gasteiger partial charge in [0.1, 0.15) is 11.5 Å². The average Bonchev–Trinajstić information content (AvgIpc) is 3.34. The van der Waals surface area contributed by atoms with Gasteiger partial charge in [0, 0.05) is 47.4 Å².